The number of imide groups is 1. The van der Waals surface area contributed by atoms with Crippen LogP contribution in [0.1, 0.15) is 41.0 Å². The highest BCUT2D eigenvalue weighted by Crippen LogP contribution is 2.25. The zero-order chi connectivity index (χ0) is 13.2. The molecule has 4 nitrogen and oxygen atoms in total. The summed E-state index contributed by atoms with van der Waals surface area (Å²) in [5, 5.41) is 3.22. The Kier molecular flexibility index (Phi) is 4.31. The molecule has 0 aromatic carbocycles. The quantitative estimate of drug-likeness (QED) is 0.756. The zero-order valence-electron chi connectivity index (χ0n) is 11.5. The summed E-state index contributed by atoms with van der Waals surface area (Å²) in [6, 6.07) is -0.313. The normalized spacial score (nSPS) is 23.4. The fourth-order valence-corrected chi connectivity index (χ4v) is 1.80. The summed E-state index contributed by atoms with van der Waals surface area (Å²) < 4.78 is 0. The minimum atomic E-state index is -0.313. The van der Waals surface area contributed by atoms with E-state index >= 15 is 0 Å². The fourth-order valence-electron chi connectivity index (χ4n) is 1.80. The second kappa shape index (κ2) is 5.17. The first-order valence-electron chi connectivity index (χ1n) is 6.35. The lowest BCUT2D eigenvalue weighted by Crippen LogP contribution is -2.42. The van der Waals surface area contributed by atoms with Gasteiger partial charge in [-0.05, 0) is 24.8 Å². The number of hydrogen-bond donors (Lipinski definition) is 1. The molecular weight excluding hydrogens is 216 g/mol. The number of carbonyl (C=O) groups is 2. The molecule has 2 amide bonds. The van der Waals surface area contributed by atoms with E-state index in [0.29, 0.717) is 18.9 Å². The molecule has 2 atom stereocenters. The lowest BCUT2D eigenvalue weighted by Gasteiger charge is -2.28. The Morgan fingerprint density at radius 1 is 1.41 bits per heavy atom. The number of nitrogens with zero attached hydrogens (tertiary/aromatic N) is 1. The van der Waals surface area contributed by atoms with Gasteiger partial charge in [-0.3, -0.25) is 14.5 Å². The number of hydrogen-bond acceptors (Lipinski definition) is 3. The van der Waals surface area contributed by atoms with Crippen molar-refractivity contribution >= 4 is 11.8 Å². The Hall–Kier alpha value is -0.900. The Balaban J connectivity index is 2.50. The van der Waals surface area contributed by atoms with Gasteiger partial charge in [0.05, 0.1) is 12.5 Å². The summed E-state index contributed by atoms with van der Waals surface area (Å²) in [6.45, 7) is 11.8. The van der Waals surface area contributed by atoms with Gasteiger partial charge in [-0.2, -0.15) is 0 Å². The molecule has 1 fully saturated rings. The molecule has 1 aliphatic rings. The van der Waals surface area contributed by atoms with Gasteiger partial charge in [0.1, 0.15) is 0 Å². The third-order valence-corrected chi connectivity index (χ3v) is 3.71. The van der Waals surface area contributed by atoms with E-state index in [1.807, 2.05) is 6.92 Å². The highest BCUT2D eigenvalue weighted by atomic mass is 16.2. The van der Waals surface area contributed by atoms with Gasteiger partial charge in [-0.1, -0.05) is 27.7 Å². The van der Waals surface area contributed by atoms with Crippen LogP contribution in [0.25, 0.3) is 0 Å². The third-order valence-electron chi connectivity index (χ3n) is 3.71. The van der Waals surface area contributed by atoms with Crippen LogP contribution in [0.15, 0.2) is 0 Å². The average Bonchev–Trinajstić information content (AvgIpc) is 2.48. The van der Waals surface area contributed by atoms with Gasteiger partial charge in [0.2, 0.25) is 11.8 Å². The summed E-state index contributed by atoms with van der Waals surface area (Å²) in [7, 11) is 0. The highest BCUT2D eigenvalue weighted by molar-refractivity contribution is 6.05. The molecule has 0 aliphatic carbocycles. The van der Waals surface area contributed by atoms with Crippen LogP contribution >= 0.6 is 0 Å². The molecule has 0 aromatic heterocycles. The Morgan fingerprint density at radius 2 is 2.00 bits per heavy atom. The second-order valence-corrected chi connectivity index (χ2v) is 5.91. The van der Waals surface area contributed by atoms with Gasteiger partial charge in [0, 0.05) is 6.54 Å². The Labute approximate surface area is 104 Å². The number of carbonyl (C=O) groups excluding carboxylic acids is 2. The first kappa shape index (κ1) is 14.2. The van der Waals surface area contributed by atoms with Crippen molar-refractivity contribution in [3.8, 4) is 0 Å². The largest absolute Gasteiger partial charge is 0.305 e. The van der Waals surface area contributed by atoms with Crippen molar-refractivity contribution in [3.05, 3.63) is 0 Å². The summed E-state index contributed by atoms with van der Waals surface area (Å²) in [5.41, 5.74) is 0.211. The van der Waals surface area contributed by atoms with E-state index < -0.39 is 0 Å². The molecular formula is C13H24N2O2. The van der Waals surface area contributed by atoms with Gasteiger partial charge < -0.3 is 5.32 Å². The molecule has 1 heterocycles. The van der Waals surface area contributed by atoms with E-state index in [2.05, 4.69) is 33.0 Å². The molecule has 0 bridgehead atoms. The molecule has 1 N–H and O–H groups in total. The lowest BCUT2D eigenvalue weighted by atomic mass is 9.82. The van der Waals surface area contributed by atoms with E-state index in [-0.39, 0.29) is 23.3 Å². The van der Waals surface area contributed by atoms with E-state index in [1.54, 1.807) is 0 Å². The number of likely N-dealkylation sites (N-methyl/N-ethyl adjacent to an activating group) is 1. The topological polar surface area (TPSA) is 49.4 Å². The Morgan fingerprint density at radius 3 is 2.41 bits per heavy atom. The van der Waals surface area contributed by atoms with Crippen LogP contribution in [0.2, 0.25) is 0 Å². The molecule has 98 valence electrons. The molecule has 2 unspecified atom stereocenters. The highest BCUT2D eigenvalue weighted by Gasteiger charge is 2.37. The zero-order valence-corrected chi connectivity index (χ0v) is 11.5. The van der Waals surface area contributed by atoms with Crippen molar-refractivity contribution < 1.29 is 9.59 Å². The standard InChI is InChI=1S/C13H24N2O2/c1-6-15-11(16)7-10(12(15)17)14-8-9(2)13(3,4)5/h9-10,14H,6-8H2,1-5H3. The first-order chi connectivity index (χ1) is 7.77. The maximum Gasteiger partial charge on any atom is 0.246 e. The van der Waals surface area contributed by atoms with Gasteiger partial charge in [-0.25, -0.2) is 0 Å². The van der Waals surface area contributed by atoms with Crippen molar-refractivity contribution in [2.24, 2.45) is 11.3 Å². The van der Waals surface area contributed by atoms with Crippen molar-refractivity contribution in [1.29, 1.82) is 0 Å². The van der Waals surface area contributed by atoms with Gasteiger partial charge in [0.15, 0.2) is 0 Å². The Bertz CT molecular complexity index is 307. The van der Waals surface area contributed by atoms with Gasteiger partial charge in [0.25, 0.3) is 0 Å². The van der Waals surface area contributed by atoms with Crippen LogP contribution in [0.3, 0.4) is 0 Å². The minimum absolute atomic E-state index is 0.0570. The van der Waals surface area contributed by atoms with E-state index in [1.165, 1.54) is 4.90 Å². The van der Waals surface area contributed by atoms with Crippen LogP contribution in [0, 0.1) is 11.3 Å². The monoisotopic (exact) mass is 240 g/mol. The molecule has 0 aromatic rings. The van der Waals surface area contributed by atoms with Crippen molar-refractivity contribution in [2.75, 3.05) is 13.1 Å². The van der Waals surface area contributed by atoms with E-state index in [0.717, 1.165) is 6.54 Å². The average molecular weight is 240 g/mol. The smallest absolute Gasteiger partial charge is 0.246 e. The van der Waals surface area contributed by atoms with Crippen LogP contribution in [0.5, 0.6) is 0 Å². The van der Waals surface area contributed by atoms with Gasteiger partial charge in [-0.15, -0.1) is 0 Å². The van der Waals surface area contributed by atoms with Crippen LogP contribution in [-0.2, 0) is 9.59 Å². The van der Waals surface area contributed by atoms with Crippen LogP contribution < -0.4 is 5.32 Å². The SMILES string of the molecule is CCN1C(=O)CC(NCC(C)C(C)(C)C)C1=O. The van der Waals surface area contributed by atoms with E-state index in [4.69, 9.17) is 0 Å². The molecule has 0 saturated carbocycles. The predicted octanol–water partition coefficient (Wildman–Crippen LogP) is 1.41. The summed E-state index contributed by atoms with van der Waals surface area (Å²) in [5.74, 6) is 0.332. The minimum Gasteiger partial charge on any atom is -0.305 e. The number of likely N-dealkylation sites (tertiary alicyclic amines) is 1. The van der Waals surface area contributed by atoms with Crippen LogP contribution in [0.4, 0.5) is 0 Å². The summed E-state index contributed by atoms with van der Waals surface area (Å²) in [6.07, 6.45) is 0.309. The van der Waals surface area contributed by atoms with Gasteiger partial charge >= 0.3 is 0 Å². The molecule has 1 aliphatic heterocycles. The maximum absolute atomic E-state index is 11.9. The second-order valence-electron chi connectivity index (χ2n) is 5.91. The summed E-state index contributed by atoms with van der Waals surface area (Å²) in [4.78, 5) is 24.7. The predicted molar refractivity (Wildman–Crippen MR) is 67.4 cm³/mol. The van der Waals surface area contributed by atoms with E-state index in [9.17, 15) is 9.59 Å². The third kappa shape index (κ3) is 3.28. The van der Waals surface area contributed by atoms with Crippen molar-refractivity contribution in [3.63, 3.8) is 0 Å². The first-order valence-corrected chi connectivity index (χ1v) is 6.35. The fraction of sp³-hybridized carbons (Fsp3) is 0.846. The molecule has 1 saturated heterocycles. The molecule has 4 heteroatoms. The molecule has 17 heavy (non-hydrogen) atoms. The molecule has 0 spiro atoms. The number of nitrogens with one attached hydrogen (secondary N) is 1. The molecule has 1 rings (SSSR count). The number of rotatable bonds is 4. The van der Waals surface area contributed by atoms with Crippen LogP contribution in [-0.4, -0.2) is 35.8 Å². The summed E-state index contributed by atoms with van der Waals surface area (Å²) >= 11 is 0. The number of amides is 2. The van der Waals surface area contributed by atoms with Crippen molar-refractivity contribution in [2.45, 2.75) is 47.1 Å². The van der Waals surface area contributed by atoms with Crippen molar-refractivity contribution in [1.82, 2.24) is 10.2 Å². The molecule has 0 radical (unpaired) electrons. The lowest BCUT2D eigenvalue weighted by molar-refractivity contribution is -0.138. The maximum atomic E-state index is 11.9.